The molecule has 0 fully saturated rings. The first-order chi connectivity index (χ1) is 15.0. The number of rotatable bonds is 10. The molecule has 0 aromatic heterocycles. The van der Waals surface area contributed by atoms with Crippen LogP contribution in [0.1, 0.15) is 5.56 Å². The zero-order valence-corrected chi connectivity index (χ0v) is 18.0. The molecule has 2 rings (SSSR count). The summed E-state index contributed by atoms with van der Waals surface area (Å²) < 4.78 is 44.3. The number of halogens is 1. The zero-order chi connectivity index (χ0) is 23.9. The van der Waals surface area contributed by atoms with Crippen molar-refractivity contribution in [2.45, 2.75) is 11.4 Å². The molecule has 0 radical (unpaired) electrons. The minimum absolute atomic E-state index is 0.122. The molecule has 0 spiro atoms. The molecule has 0 atom stereocenters. The van der Waals surface area contributed by atoms with Crippen molar-refractivity contribution >= 4 is 33.3 Å². The van der Waals surface area contributed by atoms with Crippen LogP contribution in [0.4, 0.5) is 15.8 Å². The fraction of sp³-hybridized carbons (Fsp3) is 0.263. The van der Waals surface area contributed by atoms with E-state index in [2.05, 4.69) is 5.32 Å². The molecule has 13 heteroatoms. The maximum Gasteiger partial charge on any atom is 0.321 e. The van der Waals surface area contributed by atoms with Gasteiger partial charge in [0.15, 0.2) is 6.61 Å². The Kier molecular flexibility index (Phi) is 8.21. The molecule has 1 amide bonds. The minimum atomic E-state index is -4.24. The van der Waals surface area contributed by atoms with Gasteiger partial charge in [-0.3, -0.25) is 19.7 Å². The summed E-state index contributed by atoms with van der Waals surface area (Å²) in [5, 5.41) is 13.7. The van der Waals surface area contributed by atoms with Crippen LogP contribution in [0, 0.1) is 15.9 Å². The third-order valence-electron chi connectivity index (χ3n) is 4.27. The van der Waals surface area contributed by atoms with Crippen LogP contribution in [-0.4, -0.2) is 57.4 Å². The molecule has 2 aromatic carbocycles. The Labute approximate surface area is 183 Å². The zero-order valence-electron chi connectivity index (χ0n) is 17.2. The van der Waals surface area contributed by atoms with E-state index in [0.717, 1.165) is 12.1 Å². The molecule has 2 aromatic rings. The lowest BCUT2D eigenvalue weighted by atomic mass is 10.2. The number of nitro groups is 1. The van der Waals surface area contributed by atoms with Gasteiger partial charge in [-0.2, -0.15) is 4.72 Å². The number of amides is 1. The normalized spacial score (nSPS) is 11.0. The van der Waals surface area contributed by atoms with E-state index in [4.69, 9.17) is 4.74 Å². The van der Waals surface area contributed by atoms with Crippen molar-refractivity contribution in [3.63, 3.8) is 0 Å². The molecule has 0 aliphatic heterocycles. The van der Waals surface area contributed by atoms with Gasteiger partial charge in [-0.05, 0) is 29.8 Å². The topological polar surface area (TPSA) is 148 Å². The van der Waals surface area contributed by atoms with Crippen LogP contribution in [0.5, 0.6) is 0 Å². The average molecular weight is 468 g/mol. The fourth-order valence-electron chi connectivity index (χ4n) is 2.53. The molecule has 172 valence electrons. The third kappa shape index (κ3) is 6.72. The monoisotopic (exact) mass is 468 g/mol. The Hall–Kier alpha value is -3.58. The number of nitrogens with one attached hydrogen (secondary N) is 2. The van der Waals surface area contributed by atoms with E-state index >= 15 is 0 Å². The quantitative estimate of drug-likeness (QED) is 0.301. The Balaban J connectivity index is 1.89. The number of hydrogen-bond donors (Lipinski definition) is 2. The van der Waals surface area contributed by atoms with Gasteiger partial charge >= 0.3 is 5.97 Å². The number of nitro benzene ring substituents is 1. The maximum absolute atomic E-state index is 12.9. The van der Waals surface area contributed by atoms with E-state index in [1.165, 1.54) is 49.3 Å². The van der Waals surface area contributed by atoms with Crippen molar-refractivity contribution < 1.29 is 32.1 Å². The Bertz CT molecular complexity index is 1110. The highest BCUT2D eigenvalue weighted by Gasteiger charge is 2.22. The molecule has 32 heavy (non-hydrogen) atoms. The number of esters is 1. The summed E-state index contributed by atoms with van der Waals surface area (Å²) in [5.74, 6) is -1.98. The van der Waals surface area contributed by atoms with Crippen molar-refractivity contribution in [2.75, 3.05) is 32.6 Å². The summed E-state index contributed by atoms with van der Waals surface area (Å²) in [6.07, 6.45) is 0. The molecule has 0 aliphatic carbocycles. The predicted molar refractivity (Wildman–Crippen MR) is 112 cm³/mol. The Morgan fingerprint density at radius 2 is 1.84 bits per heavy atom. The Morgan fingerprint density at radius 1 is 1.19 bits per heavy atom. The van der Waals surface area contributed by atoms with E-state index in [-0.39, 0.29) is 12.2 Å². The second kappa shape index (κ2) is 10.6. The van der Waals surface area contributed by atoms with Crippen LogP contribution in [0.15, 0.2) is 47.4 Å². The van der Waals surface area contributed by atoms with Crippen LogP contribution >= 0.6 is 0 Å². The number of nitrogens with zero attached hydrogens (tertiary/aromatic N) is 2. The van der Waals surface area contributed by atoms with Crippen molar-refractivity contribution in [1.29, 1.82) is 0 Å². The summed E-state index contributed by atoms with van der Waals surface area (Å²) in [4.78, 5) is 35.1. The largest absolute Gasteiger partial charge is 0.455 e. The summed E-state index contributed by atoms with van der Waals surface area (Å²) in [6.45, 7) is -1.25. The number of carbonyl (C=O) groups is 2. The number of likely N-dealkylation sites (N-methyl/N-ethyl adjacent to an activating group) is 1. The minimum Gasteiger partial charge on any atom is -0.455 e. The molecule has 11 nitrogen and oxygen atoms in total. The van der Waals surface area contributed by atoms with E-state index < -0.39 is 56.4 Å². The molecule has 0 aliphatic rings. The van der Waals surface area contributed by atoms with Crippen molar-refractivity contribution in [1.82, 2.24) is 9.62 Å². The van der Waals surface area contributed by atoms with Crippen LogP contribution in [0.2, 0.25) is 0 Å². The average Bonchev–Trinajstić information content (AvgIpc) is 2.76. The van der Waals surface area contributed by atoms with E-state index in [0.29, 0.717) is 5.56 Å². The molecular weight excluding hydrogens is 447 g/mol. The first kappa shape index (κ1) is 24.7. The van der Waals surface area contributed by atoms with Gasteiger partial charge in [-0.1, -0.05) is 12.1 Å². The summed E-state index contributed by atoms with van der Waals surface area (Å²) in [6, 6.07) is 8.73. The van der Waals surface area contributed by atoms with E-state index in [1.807, 2.05) is 4.72 Å². The highest BCUT2D eigenvalue weighted by molar-refractivity contribution is 7.89. The molecule has 0 heterocycles. The highest BCUT2D eigenvalue weighted by Crippen LogP contribution is 2.26. The van der Waals surface area contributed by atoms with Gasteiger partial charge in [0.05, 0.1) is 9.82 Å². The van der Waals surface area contributed by atoms with Gasteiger partial charge in [-0.25, -0.2) is 12.8 Å². The van der Waals surface area contributed by atoms with Gasteiger partial charge in [0.25, 0.3) is 11.6 Å². The number of hydrogen-bond acceptors (Lipinski definition) is 8. The lowest BCUT2D eigenvalue weighted by Gasteiger charge is -2.17. The summed E-state index contributed by atoms with van der Waals surface area (Å²) >= 11 is 0. The fourth-order valence-corrected chi connectivity index (χ4v) is 3.52. The molecule has 2 N–H and O–H groups in total. The lowest BCUT2D eigenvalue weighted by molar-refractivity contribution is -0.384. The van der Waals surface area contributed by atoms with Crippen LogP contribution < -0.4 is 10.0 Å². The predicted octanol–water partition coefficient (Wildman–Crippen LogP) is 1.26. The van der Waals surface area contributed by atoms with Gasteiger partial charge in [0.2, 0.25) is 10.0 Å². The molecule has 0 bridgehead atoms. The van der Waals surface area contributed by atoms with Crippen LogP contribution in [0.3, 0.4) is 0 Å². The number of sulfonamides is 1. The van der Waals surface area contributed by atoms with Crippen LogP contribution in [-0.2, 0) is 30.9 Å². The number of benzene rings is 2. The Morgan fingerprint density at radius 3 is 2.44 bits per heavy atom. The SMILES string of the molecule is CNc1ccc(S(=O)(=O)NCC(=O)OCC(=O)N(C)Cc2ccc(F)cc2)cc1[N+](=O)[O-]. The summed E-state index contributed by atoms with van der Waals surface area (Å²) in [7, 11) is -1.33. The highest BCUT2D eigenvalue weighted by atomic mass is 32.2. The summed E-state index contributed by atoms with van der Waals surface area (Å²) in [5.41, 5.74) is 0.337. The molecule has 0 saturated heterocycles. The first-order valence-electron chi connectivity index (χ1n) is 9.13. The smallest absolute Gasteiger partial charge is 0.321 e. The second-order valence-electron chi connectivity index (χ2n) is 6.55. The lowest BCUT2D eigenvalue weighted by Crippen LogP contribution is -2.34. The van der Waals surface area contributed by atoms with Crippen molar-refractivity contribution in [2.24, 2.45) is 0 Å². The third-order valence-corrected chi connectivity index (χ3v) is 5.67. The van der Waals surface area contributed by atoms with Crippen molar-refractivity contribution in [3.05, 3.63) is 64.0 Å². The van der Waals surface area contributed by atoms with Crippen LogP contribution in [0.25, 0.3) is 0 Å². The number of anilines is 1. The number of carbonyl (C=O) groups excluding carboxylic acids is 2. The molecule has 0 saturated carbocycles. The standard InChI is InChI=1S/C19H21FN4O7S/c1-21-16-8-7-15(9-17(16)24(27)28)32(29,30)22-10-19(26)31-12-18(25)23(2)11-13-3-5-14(20)6-4-13/h3-9,21-22H,10-12H2,1-2H3. The van der Waals surface area contributed by atoms with Gasteiger partial charge in [0.1, 0.15) is 18.0 Å². The van der Waals surface area contributed by atoms with E-state index in [1.54, 1.807) is 0 Å². The second-order valence-corrected chi connectivity index (χ2v) is 8.31. The van der Waals surface area contributed by atoms with Crippen molar-refractivity contribution in [3.8, 4) is 0 Å². The molecular formula is C19H21FN4O7S. The van der Waals surface area contributed by atoms with Gasteiger partial charge in [0, 0.05) is 26.7 Å². The van der Waals surface area contributed by atoms with E-state index in [9.17, 15) is 32.5 Å². The first-order valence-corrected chi connectivity index (χ1v) is 10.6. The molecule has 0 unspecified atom stereocenters. The maximum atomic E-state index is 12.9. The van der Waals surface area contributed by atoms with Gasteiger partial charge < -0.3 is 15.0 Å². The van der Waals surface area contributed by atoms with Gasteiger partial charge in [-0.15, -0.1) is 0 Å². The number of ether oxygens (including phenoxy) is 1.